The molecule has 2 heterocycles. The van der Waals surface area contributed by atoms with Crippen LogP contribution in [0.15, 0.2) is 60.7 Å². The topological polar surface area (TPSA) is 49.0 Å². The first-order valence-corrected chi connectivity index (χ1v) is 10.3. The molecule has 2 aromatic heterocycles. The maximum absolute atomic E-state index is 12.0. The van der Waals surface area contributed by atoms with Crippen molar-refractivity contribution in [2.45, 2.75) is 26.9 Å². The second-order valence-electron chi connectivity index (χ2n) is 7.37. The van der Waals surface area contributed by atoms with Crippen LogP contribution in [0.3, 0.4) is 0 Å². The summed E-state index contributed by atoms with van der Waals surface area (Å²) in [4.78, 5) is 16.9. The van der Waals surface area contributed by atoms with Gasteiger partial charge in [-0.05, 0) is 56.3 Å². The average Bonchev–Trinajstić information content (AvgIpc) is 3.32. The predicted octanol–water partition coefficient (Wildman–Crippen LogP) is 5.64. The smallest absolute Gasteiger partial charge is 0.337 e. The van der Waals surface area contributed by atoms with Crippen LogP contribution >= 0.6 is 0 Å². The first-order chi connectivity index (χ1) is 14.7. The number of methoxy groups -OCH3 is 1. The third-order valence-electron chi connectivity index (χ3n) is 5.83. The molecule has 5 rings (SSSR count). The molecule has 0 aliphatic carbocycles. The van der Waals surface area contributed by atoms with Crippen molar-refractivity contribution in [2.24, 2.45) is 0 Å². The van der Waals surface area contributed by atoms with Crippen molar-refractivity contribution in [1.82, 2.24) is 14.1 Å². The minimum Gasteiger partial charge on any atom is -0.465 e. The molecule has 0 N–H and O–H groups in total. The number of carbonyl (C=O) groups excluding carboxylic acids is 1. The molecular weight excluding hydrogens is 374 g/mol. The Hall–Kier alpha value is -3.60. The molecule has 5 heteroatoms. The van der Waals surface area contributed by atoms with Gasteiger partial charge in [0, 0.05) is 40.5 Å². The second-order valence-corrected chi connectivity index (χ2v) is 7.37. The number of benzene rings is 3. The number of fused-ring (bicyclic) bond motifs is 4. The van der Waals surface area contributed by atoms with Crippen LogP contribution in [0.1, 0.15) is 24.2 Å². The quantitative estimate of drug-likeness (QED) is 0.369. The molecule has 5 aromatic rings. The number of carbonyl (C=O) groups is 1. The summed E-state index contributed by atoms with van der Waals surface area (Å²) in [5.74, 6) is 0.570. The van der Waals surface area contributed by atoms with Crippen LogP contribution in [0.5, 0.6) is 0 Å². The summed E-state index contributed by atoms with van der Waals surface area (Å²) in [6.07, 6.45) is 0. The lowest BCUT2D eigenvalue weighted by Crippen LogP contribution is -2.02. The van der Waals surface area contributed by atoms with Gasteiger partial charge in [0.2, 0.25) is 0 Å². The highest BCUT2D eigenvalue weighted by atomic mass is 16.5. The van der Waals surface area contributed by atoms with E-state index in [1.165, 1.54) is 28.9 Å². The molecule has 3 aromatic carbocycles. The Morgan fingerprint density at radius 2 is 1.63 bits per heavy atom. The van der Waals surface area contributed by atoms with Crippen LogP contribution in [-0.4, -0.2) is 27.2 Å². The highest BCUT2D eigenvalue weighted by molar-refractivity contribution is 6.09. The number of rotatable bonds is 4. The Bertz CT molecular complexity index is 1430. The van der Waals surface area contributed by atoms with E-state index < -0.39 is 0 Å². The van der Waals surface area contributed by atoms with Gasteiger partial charge in [0.25, 0.3) is 0 Å². The number of hydrogen-bond acceptors (Lipinski definition) is 3. The number of para-hydroxylation sites is 1. The van der Waals surface area contributed by atoms with Gasteiger partial charge in [-0.3, -0.25) is 0 Å². The van der Waals surface area contributed by atoms with Crippen molar-refractivity contribution in [3.8, 4) is 11.4 Å². The van der Waals surface area contributed by atoms with E-state index in [1.807, 2.05) is 12.1 Å². The van der Waals surface area contributed by atoms with Crippen LogP contribution in [0, 0.1) is 0 Å². The maximum atomic E-state index is 12.0. The highest BCUT2D eigenvalue weighted by Crippen LogP contribution is 2.33. The highest BCUT2D eigenvalue weighted by Gasteiger charge is 2.16. The molecule has 0 saturated carbocycles. The van der Waals surface area contributed by atoms with Gasteiger partial charge in [0.15, 0.2) is 0 Å². The van der Waals surface area contributed by atoms with Gasteiger partial charge in [-0.2, -0.15) is 0 Å². The van der Waals surface area contributed by atoms with Crippen molar-refractivity contribution in [3.05, 3.63) is 66.2 Å². The third-order valence-corrected chi connectivity index (χ3v) is 5.83. The van der Waals surface area contributed by atoms with Crippen molar-refractivity contribution in [1.29, 1.82) is 0 Å². The van der Waals surface area contributed by atoms with E-state index in [9.17, 15) is 4.79 Å². The lowest BCUT2D eigenvalue weighted by molar-refractivity contribution is 0.0601. The molecule has 5 nitrogen and oxygen atoms in total. The van der Waals surface area contributed by atoms with E-state index in [4.69, 9.17) is 9.72 Å². The average molecular weight is 397 g/mol. The van der Waals surface area contributed by atoms with Gasteiger partial charge in [-0.25, -0.2) is 9.78 Å². The van der Waals surface area contributed by atoms with Crippen LogP contribution in [0.4, 0.5) is 0 Å². The molecule has 0 unspecified atom stereocenters. The number of aryl methyl sites for hydroxylation is 2. The van der Waals surface area contributed by atoms with E-state index in [0.29, 0.717) is 5.56 Å². The van der Waals surface area contributed by atoms with Crippen molar-refractivity contribution in [3.63, 3.8) is 0 Å². The van der Waals surface area contributed by atoms with Crippen LogP contribution < -0.4 is 0 Å². The fraction of sp³-hybridized carbons (Fsp3) is 0.200. The molecule has 0 aliphatic rings. The fourth-order valence-corrected chi connectivity index (χ4v) is 4.44. The Balaban J connectivity index is 1.75. The molecule has 0 spiro atoms. The molecule has 0 fully saturated rings. The van der Waals surface area contributed by atoms with E-state index in [-0.39, 0.29) is 5.97 Å². The number of aromatic nitrogens is 3. The summed E-state index contributed by atoms with van der Waals surface area (Å²) in [6, 6.07) is 20.6. The number of esters is 1. The van der Waals surface area contributed by atoms with Crippen LogP contribution in [0.2, 0.25) is 0 Å². The minimum absolute atomic E-state index is 0.337. The van der Waals surface area contributed by atoms with E-state index >= 15 is 0 Å². The number of hydrogen-bond donors (Lipinski definition) is 0. The Morgan fingerprint density at radius 3 is 2.40 bits per heavy atom. The largest absolute Gasteiger partial charge is 0.465 e. The van der Waals surface area contributed by atoms with E-state index in [1.54, 1.807) is 6.07 Å². The van der Waals surface area contributed by atoms with Gasteiger partial charge >= 0.3 is 5.97 Å². The van der Waals surface area contributed by atoms with Crippen LogP contribution in [-0.2, 0) is 17.8 Å². The first kappa shape index (κ1) is 18.4. The molecule has 0 amide bonds. The molecule has 0 atom stereocenters. The fourth-order valence-electron chi connectivity index (χ4n) is 4.44. The lowest BCUT2D eigenvalue weighted by Gasteiger charge is -2.08. The molecule has 0 bridgehead atoms. The van der Waals surface area contributed by atoms with Gasteiger partial charge in [-0.15, -0.1) is 0 Å². The van der Waals surface area contributed by atoms with Gasteiger partial charge < -0.3 is 13.9 Å². The first-order valence-electron chi connectivity index (χ1n) is 10.3. The zero-order valence-corrected chi connectivity index (χ0v) is 17.3. The summed E-state index contributed by atoms with van der Waals surface area (Å²) in [7, 11) is 1.40. The van der Waals surface area contributed by atoms with Crippen LogP contribution in [0.25, 0.3) is 44.2 Å². The summed E-state index contributed by atoms with van der Waals surface area (Å²) < 4.78 is 9.38. The monoisotopic (exact) mass is 397 g/mol. The van der Waals surface area contributed by atoms with Crippen molar-refractivity contribution < 1.29 is 9.53 Å². The molecule has 150 valence electrons. The number of imidazole rings is 1. The normalized spacial score (nSPS) is 11.6. The molecule has 0 aliphatic heterocycles. The number of nitrogens with zero attached hydrogens (tertiary/aromatic N) is 3. The Morgan fingerprint density at radius 1 is 0.867 bits per heavy atom. The Kier molecular flexibility index (Phi) is 4.31. The van der Waals surface area contributed by atoms with Gasteiger partial charge in [0.1, 0.15) is 5.82 Å². The maximum Gasteiger partial charge on any atom is 0.337 e. The molecule has 0 saturated heterocycles. The van der Waals surface area contributed by atoms with E-state index in [2.05, 4.69) is 65.4 Å². The molecule has 0 radical (unpaired) electrons. The summed E-state index contributed by atoms with van der Waals surface area (Å²) in [6.45, 7) is 5.95. The third kappa shape index (κ3) is 2.62. The van der Waals surface area contributed by atoms with Gasteiger partial charge in [-0.1, -0.05) is 18.2 Å². The summed E-state index contributed by atoms with van der Waals surface area (Å²) in [5.41, 5.74) is 5.89. The summed E-state index contributed by atoms with van der Waals surface area (Å²) >= 11 is 0. The van der Waals surface area contributed by atoms with Gasteiger partial charge in [0.05, 0.1) is 23.7 Å². The molecule has 30 heavy (non-hydrogen) atoms. The predicted molar refractivity (Wildman–Crippen MR) is 121 cm³/mol. The minimum atomic E-state index is -0.337. The molecular formula is C25H23N3O2. The van der Waals surface area contributed by atoms with E-state index in [0.717, 1.165) is 35.5 Å². The standard InChI is InChI=1S/C25H23N3O2/c1-4-27-21-9-7-6-8-18(21)19-14-16(11-13-22(19)27)24-26-20-12-10-17(25(29)30-3)15-23(20)28(24)5-2/h6-15H,4-5H2,1-3H3. The Labute approximate surface area is 174 Å². The SMILES string of the molecule is CCn1c(-c2ccc3c(c2)c2ccccc2n3CC)nc2ccc(C(=O)OC)cc21. The zero-order valence-electron chi connectivity index (χ0n) is 17.3. The second kappa shape index (κ2) is 7.02. The lowest BCUT2D eigenvalue weighted by atomic mass is 10.1. The van der Waals surface area contributed by atoms with Crippen molar-refractivity contribution in [2.75, 3.05) is 7.11 Å². The van der Waals surface area contributed by atoms with Crippen molar-refractivity contribution >= 4 is 38.8 Å². The summed E-state index contributed by atoms with van der Waals surface area (Å²) in [5, 5.41) is 2.48. The number of ether oxygens (including phenoxy) is 1. The zero-order chi connectivity index (χ0) is 20.8.